The lowest BCUT2D eigenvalue weighted by molar-refractivity contribution is 0.0955. The van der Waals surface area contributed by atoms with Crippen molar-refractivity contribution in [1.82, 2.24) is 35.2 Å². The second-order valence-electron chi connectivity index (χ2n) is 5.98. The highest BCUT2D eigenvalue weighted by atomic mass is 32.1. The molecule has 0 atom stereocenters. The number of nitrogens with one attached hydrogen (secondary N) is 1. The van der Waals surface area contributed by atoms with E-state index >= 15 is 0 Å². The van der Waals surface area contributed by atoms with Crippen molar-refractivity contribution in [2.24, 2.45) is 5.10 Å². The topological polar surface area (TPSA) is 103 Å². The smallest absolute Gasteiger partial charge is 0.271 e. The Morgan fingerprint density at radius 1 is 1.25 bits per heavy atom. The van der Waals surface area contributed by atoms with E-state index in [-0.39, 0.29) is 5.91 Å². The number of hydrazone groups is 1. The van der Waals surface area contributed by atoms with E-state index in [4.69, 9.17) is 0 Å². The predicted octanol–water partition coefficient (Wildman–Crippen LogP) is 2.29. The molecule has 0 saturated carbocycles. The lowest BCUT2D eigenvalue weighted by Gasteiger charge is -2.04. The maximum absolute atomic E-state index is 12.3. The average molecular weight is 392 g/mol. The molecule has 0 radical (unpaired) electrons. The summed E-state index contributed by atoms with van der Waals surface area (Å²) in [4.78, 5) is 16.6. The van der Waals surface area contributed by atoms with E-state index in [2.05, 4.69) is 35.6 Å². The van der Waals surface area contributed by atoms with Crippen LogP contribution in [0.15, 0.2) is 53.3 Å². The molecule has 3 heterocycles. The molecule has 0 bridgehead atoms. The van der Waals surface area contributed by atoms with Crippen LogP contribution in [0.4, 0.5) is 0 Å². The van der Waals surface area contributed by atoms with Crippen LogP contribution in [-0.2, 0) is 0 Å². The number of carbonyl (C=O) groups excluding carboxylic acids is 1. The van der Waals surface area contributed by atoms with Gasteiger partial charge in [0.2, 0.25) is 0 Å². The number of amides is 1. The third-order valence-corrected chi connectivity index (χ3v) is 4.95. The molecule has 4 aromatic rings. The summed E-state index contributed by atoms with van der Waals surface area (Å²) in [6, 6.07) is 8.91. The minimum absolute atomic E-state index is 0.298. The molecule has 0 aliphatic heterocycles. The summed E-state index contributed by atoms with van der Waals surface area (Å²) < 4.78 is 3.57. The maximum Gasteiger partial charge on any atom is 0.271 e. The van der Waals surface area contributed by atoms with E-state index in [1.54, 1.807) is 48.0 Å². The standard InChI is InChI=1S/C18H16N8OS/c1-12-9-15(13(2)26(12)18-19-7-8-28-18)10-20-22-17(27)14-3-5-16(6-4-14)25-11-21-23-24-25/h3-11H,1-2H3,(H,22,27)/b20-10-. The summed E-state index contributed by atoms with van der Waals surface area (Å²) >= 11 is 1.57. The van der Waals surface area contributed by atoms with Gasteiger partial charge in [-0.15, -0.1) is 16.4 Å². The van der Waals surface area contributed by atoms with E-state index in [0.717, 1.165) is 27.8 Å². The third kappa shape index (κ3) is 3.45. The number of hydrogen-bond acceptors (Lipinski definition) is 7. The van der Waals surface area contributed by atoms with Gasteiger partial charge in [0, 0.05) is 34.1 Å². The molecule has 0 aliphatic carbocycles. The molecular formula is C18H16N8OS. The van der Waals surface area contributed by atoms with Crippen molar-refractivity contribution < 1.29 is 4.79 Å². The zero-order valence-corrected chi connectivity index (χ0v) is 16.0. The van der Waals surface area contributed by atoms with Crippen LogP contribution >= 0.6 is 11.3 Å². The number of aryl methyl sites for hydroxylation is 1. The van der Waals surface area contributed by atoms with Gasteiger partial charge in [0.1, 0.15) is 6.33 Å². The van der Waals surface area contributed by atoms with Crippen molar-refractivity contribution >= 4 is 23.5 Å². The van der Waals surface area contributed by atoms with Crippen LogP contribution in [-0.4, -0.2) is 41.9 Å². The van der Waals surface area contributed by atoms with E-state index in [9.17, 15) is 4.79 Å². The zero-order valence-electron chi connectivity index (χ0n) is 15.1. The highest BCUT2D eigenvalue weighted by molar-refractivity contribution is 7.12. The monoisotopic (exact) mass is 392 g/mol. The van der Waals surface area contributed by atoms with Gasteiger partial charge < -0.3 is 0 Å². The third-order valence-electron chi connectivity index (χ3n) is 4.19. The van der Waals surface area contributed by atoms with Crippen molar-refractivity contribution in [3.8, 4) is 10.8 Å². The molecule has 10 heteroatoms. The molecule has 9 nitrogen and oxygen atoms in total. The fourth-order valence-corrected chi connectivity index (χ4v) is 3.56. The van der Waals surface area contributed by atoms with Gasteiger partial charge in [-0.1, -0.05) is 0 Å². The first kappa shape index (κ1) is 17.7. The van der Waals surface area contributed by atoms with E-state index in [1.807, 2.05) is 25.3 Å². The molecule has 0 unspecified atom stereocenters. The van der Waals surface area contributed by atoms with Crippen LogP contribution in [0.25, 0.3) is 10.8 Å². The largest absolute Gasteiger partial charge is 0.294 e. The first-order valence-electron chi connectivity index (χ1n) is 8.39. The normalized spacial score (nSPS) is 11.2. The lowest BCUT2D eigenvalue weighted by Crippen LogP contribution is -2.17. The van der Waals surface area contributed by atoms with E-state index in [1.165, 1.54) is 11.0 Å². The van der Waals surface area contributed by atoms with Crippen molar-refractivity contribution in [1.29, 1.82) is 0 Å². The number of thiazole rings is 1. The summed E-state index contributed by atoms with van der Waals surface area (Å²) in [7, 11) is 0. The molecule has 140 valence electrons. The summed E-state index contributed by atoms with van der Waals surface area (Å²) in [5, 5.41) is 17.9. The van der Waals surface area contributed by atoms with Crippen molar-refractivity contribution in [2.45, 2.75) is 13.8 Å². The van der Waals surface area contributed by atoms with Gasteiger partial charge in [0.25, 0.3) is 5.91 Å². The fourth-order valence-electron chi connectivity index (χ4n) is 2.81. The second kappa shape index (κ2) is 7.53. The molecule has 1 N–H and O–H groups in total. The summed E-state index contributed by atoms with van der Waals surface area (Å²) in [6.45, 7) is 4.01. The van der Waals surface area contributed by atoms with Gasteiger partial charge in [-0.05, 0) is 54.6 Å². The minimum Gasteiger partial charge on any atom is -0.294 e. The highest BCUT2D eigenvalue weighted by Gasteiger charge is 2.11. The van der Waals surface area contributed by atoms with Gasteiger partial charge in [-0.2, -0.15) is 5.10 Å². The molecule has 0 aliphatic rings. The lowest BCUT2D eigenvalue weighted by atomic mass is 10.2. The van der Waals surface area contributed by atoms with Crippen molar-refractivity contribution in [2.75, 3.05) is 0 Å². The van der Waals surface area contributed by atoms with Crippen molar-refractivity contribution in [3.05, 3.63) is 70.8 Å². The first-order valence-corrected chi connectivity index (χ1v) is 9.27. The average Bonchev–Trinajstić information content (AvgIpc) is 3.45. The van der Waals surface area contributed by atoms with Crippen LogP contribution in [0.1, 0.15) is 27.3 Å². The molecule has 1 amide bonds. The van der Waals surface area contributed by atoms with Gasteiger partial charge >= 0.3 is 0 Å². The Morgan fingerprint density at radius 2 is 2.07 bits per heavy atom. The fraction of sp³-hybridized carbons (Fsp3) is 0.111. The molecule has 4 rings (SSSR count). The quantitative estimate of drug-likeness (QED) is 0.415. The number of nitrogens with zero attached hydrogens (tertiary/aromatic N) is 7. The van der Waals surface area contributed by atoms with Crippen LogP contribution in [0.3, 0.4) is 0 Å². The second-order valence-corrected chi connectivity index (χ2v) is 6.85. The SMILES string of the molecule is Cc1cc(/C=N\NC(=O)c2ccc(-n3cnnn3)cc2)c(C)n1-c1nccs1. The number of carbonyl (C=O) groups is 1. The summed E-state index contributed by atoms with van der Waals surface area (Å²) in [5.74, 6) is -0.298. The Morgan fingerprint density at radius 3 is 2.75 bits per heavy atom. The molecule has 3 aromatic heterocycles. The zero-order chi connectivity index (χ0) is 19.5. The molecular weight excluding hydrogens is 376 g/mol. The Bertz CT molecular complexity index is 1110. The predicted molar refractivity (Wildman–Crippen MR) is 105 cm³/mol. The van der Waals surface area contributed by atoms with Gasteiger partial charge in [0.05, 0.1) is 11.9 Å². The Labute approximate surface area is 164 Å². The maximum atomic E-state index is 12.3. The number of rotatable bonds is 5. The van der Waals surface area contributed by atoms with Crippen LogP contribution in [0, 0.1) is 13.8 Å². The number of hydrogen-bond donors (Lipinski definition) is 1. The Hall–Kier alpha value is -3.66. The van der Waals surface area contributed by atoms with Crippen LogP contribution in [0.2, 0.25) is 0 Å². The molecule has 0 fully saturated rings. The van der Waals surface area contributed by atoms with E-state index < -0.39 is 0 Å². The van der Waals surface area contributed by atoms with Crippen molar-refractivity contribution in [3.63, 3.8) is 0 Å². The molecule has 28 heavy (non-hydrogen) atoms. The number of tetrazole rings is 1. The first-order chi connectivity index (χ1) is 13.6. The minimum atomic E-state index is -0.298. The molecule has 0 saturated heterocycles. The number of aromatic nitrogens is 6. The number of benzene rings is 1. The molecule has 0 spiro atoms. The summed E-state index contributed by atoms with van der Waals surface area (Å²) in [6.07, 6.45) is 4.90. The van der Waals surface area contributed by atoms with Gasteiger partial charge in [-0.25, -0.2) is 15.1 Å². The van der Waals surface area contributed by atoms with Crippen LogP contribution < -0.4 is 5.43 Å². The highest BCUT2D eigenvalue weighted by Crippen LogP contribution is 2.21. The van der Waals surface area contributed by atoms with Crippen LogP contribution in [0.5, 0.6) is 0 Å². The van der Waals surface area contributed by atoms with Gasteiger partial charge in [-0.3, -0.25) is 9.36 Å². The van der Waals surface area contributed by atoms with Gasteiger partial charge in [0.15, 0.2) is 5.13 Å². The summed E-state index contributed by atoms with van der Waals surface area (Å²) in [5.41, 5.74) is 6.79. The Kier molecular flexibility index (Phi) is 4.77. The Balaban J connectivity index is 1.45. The van der Waals surface area contributed by atoms with E-state index in [0.29, 0.717) is 5.56 Å². The molecule has 1 aromatic carbocycles.